The maximum atomic E-state index is 14.5. The van der Waals surface area contributed by atoms with Crippen LogP contribution < -0.4 is 0 Å². The van der Waals surface area contributed by atoms with Gasteiger partial charge in [-0.05, 0) is 61.3 Å². The van der Waals surface area contributed by atoms with Crippen LogP contribution in [0.4, 0.5) is 0 Å². The van der Waals surface area contributed by atoms with E-state index >= 15 is 0 Å². The van der Waals surface area contributed by atoms with Crippen LogP contribution in [0.15, 0.2) is 11.6 Å². The molecule has 0 radical (unpaired) electrons. The number of carbonyl (C=O) groups is 4. The molecule has 0 aromatic carbocycles. The minimum absolute atomic E-state index is 0.00579. The zero-order valence-electron chi connectivity index (χ0n) is 24.9. The number of esters is 2. The molecule has 6 fully saturated rings. The Morgan fingerprint density at radius 3 is 2.55 bits per heavy atom. The number of hydrogen-bond acceptors (Lipinski definition) is 8. The van der Waals surface area contributed by atoms with E-state index in [4.69, 9.17) is 14.2 Å². The largest absolute Gasteiger partial charge is 0.459 e. The van der Waals surface area contributed by atoms with Crippen molar-refractivity contribution in [3.05, 3.63) is 11.6 Å². The highest BCUT2D eigenvalue weighted by Crippen LogP contribution is 2.78. The van der Waals surface area contributed by atoms with Crippen molar-refractivity contribution in [2.45, 2.75) is 111 Å². The maximum Gasteiger partial charge on any atom is 0.308 e. The van der Waals surface area contributed by atoms with E-state index in [0.717, 1.165) is 24.8 Å². The molecule has 4 saturated heterocycles. The first-order valence-electron chi connectivity index (χ1n) is 15.2. The molecule has 2 saturated carbocycles. The third kappa shape index (κ3) is 2.90. The number of carbonyl (C=O) groups excluding carboxylic acids is 4. The monoisotopic (exact) mass is 553 g/mol. The Kier molecular flexibility index (Phi) is 5.27. The van der Waals surface area contributed by atoms with Gasteiger partial charge >= 0.3 is 11.9 Å². The lowest BCUT2D eigenvalue weighted by Crippen LogP contribution is -2.83. The fourth-order valence-electron chi connectivity index (χ4n) is 11.6. The lowest BCUT2D eigenvalue weighted by Gasteiger charge is -2.76. The van der Waals surface area contributed by atoms with Gasteiger partial charge in [0.05, 0.1) is 6.42 Å². The molecule has 0 N–H and O–H groups in total. The Morgan fingerprint density at radius 2 is 1.85 bits per heavy atom. The van der Waals surface area contributed by atoms with Crippen molar-refractivity contribution < 1.29 is 33.4 Å². The van der Waals surface area contributed by atoms with Crippen LogP contribution in [-0.4, -0.2) is 58.6 Å². The average Bonchev–Trinajstić information content (AvgIpc) is 3.16. The van der Waals surface area contributed by atoms with Gasteiger partial charge in [0, 0.05) is 43.1 Å². The third-order valence-electron chi connectivity index (χ3n) is 13.2. The maximum absolute atomic E-state index is 14.5. The van der Waals surface area contributed by atoms with E-state index in [1.807, 2.05) is 13.8 Å². The van der Waals surface area contributed by atoms with Crippen molar-refractivity contribution in [1.29, 1.82) is 0 Å². The van der Waals surface area contributed by atoms with Crippen LogP contribution in [0.3, 0.4) is 0 Å². The minimum atomic E-state index is -0.982. The van der Waals surface area contributed by atoms with Gasteiger partial charge in [-0.3, -0.25) is 19.2 Å². The molecular weight excluding hydrogens is 510 g/mol. The highest BCUT2D eigenvalue weighted by Gasteiger charge is 2.83. The van der Waals surface area contributed by atoms with E-state index in [1.54, 1.807) is 6.08 Å². The zero-order chi connectivity index (χ0) is 28.8. The van der Waals surface area contributed by atoms with Crippen molar-refractivity contribution in [1.82, 2.24) is 4.90 Å². The van der Waals surface area contributed by atoms with Crippen molar-refractivity contribution >= 4 is 23.5 Å². The molecule has 40 heavy (non-hydrogen) atoms. The number of ether oxygens (including phenoxy) is 3. The number of nitrogens with zero attached hydrogens (tertiary/aromatic N) is 1. The summed E-state index contributed by atoms with van der Waals surface area (Å²) in [6, 6.07) is 0. The molecule has 4 aliphatic heterocycles. The fraction of sp³-hybridized carbons (Fsp3) is 0.812. The summed E-state index contributed by atoms with van der Waals surface area (Å²) >= 11 is 0. The molecule has 12 atom stereocenters. The standard InChI is InChI=1S/C32H43NO7/c1-16-10-20-24(21(35)11-16)18(3)25(37)27-28(20,5)15-32-30(7,29(27,6)13-23(36)40-32)8-9-31-12-17(2)26(38-19(4)34)22(39-31)14-33(31)32/h11,17-18,20,22,24,26-27H,8-10,12-15H2,1-7H3/t17-,18-,20-,22+,24+,26-,27+,28+,29+,30+,31+,32-/m1/s1. The normalized spacial score (nSPS) is 54.8. The van der Waals surface area contributed by atoms with Crippen LogP contribution in [0.2, 0.25) is 0 Å². The van der Waals surface area contributed by atoms with E-state index in [-0.39, 0.29) is 71.7 Å². The topological polar surface area (TPSA) is 99.2 Å². The van der Waals surface area contributed by atoms with Crippen LogP contribution in [0, 0.1) is 45.8 Å². The van der Waals surface area contributed by atoms with Gasteiger partial charge < -0.3 is 14.2 Å². The van der Waals surface area contributed by atoms with Gasteiger partial charge in [0.2, 0.25) is 0 Å². The van der Waals surface area contributed by atoms with Crippen LogP contribution in [0.1, 0.15) is 87.0 Å². The quantitative estimate of drug-likeness (QED) is 0.446. The van der Waals surface area contributed by atoms with Gasteiger partial charge in [-0.1, -0.05) is 40.2 Å². The van der Waals surface area contributed by atoms with Gasteiger partial charge in [0.1, 0.15) is 23.7 Å². The molecular formula is C32H43NO7. The predicted molar refractivity (Wildman–Crippen MR) is 143 cm³/mol. The summed E-state index contributed by atoms with van der Waals surface area (Å²) in [6.45, 7) is 14.6. The number of Topliss-reactive ketones (excluding diaryl/α,β-unsaturated/α-hetero) is 1. The summed E-state index contributed by atoms with van der Waals surface area (Å²) in [5.74, 6) is -1.36. The van der Waals surface area contributed by atoms with Crippen LogP contribution in [0.25, 0.3) is 0 Å². The molecule has 4 heterocycles. The van der Waals surface area contributed by atoms with Crippen LogP contribution >= 0.6 is 0 Å². The van der Waals surface area contributed by atoms with E-state index in [1.165, 1.54) is 6.92 Å². The molecule has 8 heteroatoms. The summed E-state index contributed by atoms with van der Waals surface area (Å²) in [5, 5.41) is 0. The fourth-order valence-corrected chi connectivity index (χ4v) is 11.6. The second-order valence-corrected chi connectivity index (χ2v) is 15.2. The molecule has 0 aromatic rings. The molecule has 0 aromatic heterocycles. The lowest BCUT2D eigenvalue weighted by atomic mass is 9.33. The second kappa shape index (κ2) is 7.85. The van der Waals surface area contributed by atoms with Crippen molar-refractivity contribution in [3.63, 3.8) is 0 Å². The zero-order valence-corrected chi connectivity index (χ0v) is 24.9. The molecule has 3 aliphatic carbocycles. The minimum Gasteiger partial charge on any atom is -0.459 e. The smallest absolute Gasteiger partial charge is 0.308 e. The van der Waals surface area contributed by atoms with Crippen LogP contribution in [-0.2, 0) is 33.4 Å². The molecule has 218 valence electrons. The summed E-state index contributed by atoms with van der Waals surface area (Å²) in [4.78, 5) is 55.9. The van der Waals surface area contributed by atoms with Gasteiger partial charge in [0.15, 0.2) is 11.5 Å². The van der Waals surface area contributed by atoms with E-state index in [9.17, 15) is 19.2 Å². The Hall–Kier alpha value is -2.06. The molecule has 1 spiro atoms. The Bertz CT molecular complexity index is 1280. The van der Waals surface area contributed by atoms with E-state index < -0.39 is 27.7 Å². The number of fused-ring (bicyclic) bond motifs is 5. The summed E-state index contributed by atoms with van der Waals surface area (Å²) < 4.78 is 19.3. The highest BCUT2D eigenvalue weighted by molar-refractivity contribution is 6.00. The van der Waals surface area contributed by atoms with Crippen LogP contribution in [0.5, 0.6) is 0 Å². The van der Waals surface area contributed by atoms with Crippen molar-refractivity contribution in [2.24, 2.45) is 45.8 Å². The number of hydrogen-bond donors (Lipinski definition) is 0. The predicted octanol–water partition coefficient (Wildman–Crippen LogP) is 4.20. The number of ketones is 2. The SMILES string of the molecule is CC(=O)O[C@@H]1[C@H](C)C[C@@]23CC[C@@]4(C)[C@@]5(C)CC(=O)O[C@@]4(C[C@@]4(C)[C@@H]6CC(C)=CC(=O)[C@H]6[C@@H](C)C(=O)[C@@H]45)N2C[C@@H]1O3. The highest BCUT2D eigenvalue weighted by atomic mass is 16.6. The Balaban J connectivity index is 1.41. The van der Waals surface area contributed by atoms with E-state index in [0.29, 0.717) is 19.4 Å². The first-order chi connectivity index (χ1) is 18.6. The molecule has 7 aliphatic rings. The molecule has 7 rings (SSSR count). The lowest BCUT2D eigenvalue weighted by molar-refractivity contribution is -0.381. The molecule has 0 amide bonds. The van der Waals surface area contributed by atoms with Gasteiger partial charge in [-0.25, -0.2) is 4.90 Å². The summed E-state index contributed by atoms with van der Waals surface area (Å²) in [7, 11) is 0. The van der Waals surface area contributed by atoms with Gasteiger partial charge in [-0.15, -0.1) is 0 Å². The molecule has 8 nitrogen and oxygen atoms in total. The van der Waals surface area contributed by atoms with Crippen molar-refractivity contribution in [2.75, 3.05) is 6.54 Å². The molecule has 0 unspecified atom stereocenters. The van der Waals surface area contributed by atoms with Gasteiger partial charge in [-0.2, -0.15) is 0 Å². The Morgan fingerprint density at radius 1 is 1.12 bits per heavy atom. The number of piperidine rings is 1. The Labute approximate surface area is 236 Å². The van der Waals surface area contributed by atoms with E-state index in [2.05, 4.69) is 32.6 Å². The van der Waals surface area contributed by atoms with Crippen molar-refractivity contribution in [3.8, 4) is 0 Å². The van der Waals surface area contributed by atoms with Gasteiger partial charge in [0.25, 0.3) is 0 Å². The summed E-state index contributed by atoms with van der Waals surface area (Å²) in [6.07, 6.45) is 4.74. The molecule has 4 bridgehead atoms. The average molecular weight is 554 g/mol. The first-order valence-corrected chi connectivity index (χ1v) is 15.2. The third-order valence-corrected chi connectivity index (χ3v) is 13.2. The number of allylic oxidation sites excluding steroid dienone is 2. The summed E-state index contributed by atoms with van der Waals surface area (Å²) in [5.41, 5.74) is -2.21. The second-order valence-electron chi connectivity index (χ2n) is 15.2. The number of rotatable bonds is 1. The first kappa shape index (κ1) is 26.8.